The standard InChI is InChI=1S/C11H16ClNO/c1-3-4-10(13)8-5-6-9(12)11(7-8)14-2/h5-7,10H,3-4,13H2,1-2H3. The van der Waals surface area contributed by atoms with Crippen LogP contribution in [-0.4, -0.2) is 7.11 Å². The molecule has 0 aromatic heterocycles. The fraction of sp³-hybridized carbons (Fsp3) is 0.455. The first-order valence-corrected chi connectivity index (χ1v) is 5.15. The minimum Gasteiger partial charge on any atom is -0.495 e. The van der Waals surface area contributed by atoms with Gasteiger partial charge in [0.1, 0.15) is 5.75 Å². The molecule has 0 amide bonds. The maximum atomic E-state index is 5.98. The van der Waals surface area contributed by atoms with E-state index in [2.05, 4.69) is 6.92 Å². The smallest absolute Gasteiger partial charge is 0.137 e. The summed E-state index contributed by atoms with van der Waals surface area (Å²) in [6.07, 6.45) is 2.05. The number of nitrogens with two attached hydrogens (primary N) is 1. The van der Waals surface area contributed by atoms with Crippen LogP contribution in [0, 0.1) is 0 Å². The molecule has 0 saturated heterocycles. The number of benzene rings is 1. The normalized spacial score (nSPS) is 12.6. The van der Waals surface area contributed by atoms with Crippen molar-refractivity contribution in [2.24, 2.45) is 5.73 Å². The summed E-state index contributed by atoms with van der Waals surface area (Å²) in [5, 5.41) is 0.625. The first-order valence-electron chi connectivity index (χ1n) is 4.78. The van der Waals surface area contributed by atoms with Crippen LogP contribution >= 0.6 is 11.6 Å². The number of methoxy groups -OCH3 is 1. The topological polar surface area (TPSA) is 35.2 Å². The minimum atomic E-state index is 0.0752. The molecule has 2 N–H and O–H groups in total. The van der Waals surface area contributed by atoms with Crippen molar-refractivity contribution in [1.82, 2.24) is 0 Å². The molecule has 0 saturated carbocycles. The van der Waals surface area contributed by atoms with Crippen LogP contribution in [-0.2, 0) is 0 Å². The van der Waals surface area contributed by atoms with Crippen LogP contribution in [0.1, 0.15) is 31.4 Å². The van der Waals surface area contributed by atoms with Gasteiger partial charge in [-0.1, -0.05) is 31.0 Å². The van der Waals surface area contributed by atoms with E-state index >= 15 is 0 Å². The molecular weight excluding hydrogens is 198 g/mol. The molecule has 0 fully saturated rings. The Hall–Kier alpha value is -0.730. The minimum absolute atomic E-state index is 0.0752. The van der Waals surface area contributed by atoms with E-state index < -0.39 is 0 Å². The lowest BCUT2D eigenvalue weighted by molar-refractivity contribution is 0.414. The molecule has 1 atom stereocenters. The molecule has 3 heteroatoms. The second-order valence-electron chi connectivity index (χ2n) is 3.29. The van der Waals surface area contributed by atoms with Gasteiger partial charge in [-0.2, -0.15) is 0 Å². The van der Waals surface area contributed by atoms with E-state index in [1.165, 1.54) is 0 Å². The third-order valence-corrected chi connectivity index (χ3v) is 2.52. The van der Waals surface area contributed by atoms with Crippen molar-refractivity contribution < 1.29 is 4.74 Å². The lowest BCUT2D eigenvalue weighted by Crippen LogP contribution is -2.09. The van der Waals surface area contributed by atoms with E-state index in [1.54, 1.807) is 7.11 Å². The molecule has 1 unspecified atom stereocenters. The molecule has 0 aliphatic rings. The van der Waals surface area contributed by atoms with Gasteiger partial charge in [0.2, 0.25) is 0 Å². The molecule has 14 heavy (non-hydrogen) atoms. The highest BCUT2D eigenvalue weighted by atomic mass is 35.5. The van der Waals surface area contributed by atoms with Crippen LogP contribution in [0.15, 0.2) is 18.2 Å². The Kier molecular flexibility index (Phi) is 4.23. The van der Waals surface area contributed by atoms with Crippen LogP contribution < -0.4 is 10.5 Å². The zero-order chi connectivity index (χ0) is 10.6. The van der Waals surface area contributed by atoms with Gasteiger partial charge in [0.25, 0.3) is 0 Å². The van der Waals surface area contributed by atoms with Crippen LogP contribution in [0.4, 0.5) is 0 Å². The van der Waals surface area contributed by atoms with Gasteiger partial charge < -0.3 is 10.5 Å². The number of rotatable bonds is 4. The van der Waals surface area contributed by atoms with Crippen molar-refractivity contribution in [3.05, 3.63) is 28.8 Å². The highest BCUT2D eigenvalue weighted by Gasteiger charge is 2.07. The molecule has 1 aromatic carbocycles. The summed E-state index contributed by atoms with van der Waals surface area (Å²) in [7, 11) is 1.61. The molecule has 0 bridgehead atoms. The number of hydrogen-bond donors (Lipinski definition) is 1. The predicted octanol–water partition coefficient (Wildman–Crippen LogP) is 3.15. The van der Waals surface area contributed by atoms with E-state index in [0.717, 1.165) is 18.4 Å². The average Bonchev–Trinajstić information content (AvgIpc) is 2.19. The van der Waals surface area contributed by atoms with E-state index in [-0.39, 0.29) is 6.04 Å². The third kappa shape index (κ3) is 2.63. The quantitative estimate of drug-likeness (QED) is 0.834. The molecule has 78 valence electrons. The van der Waals surface area contributed by atoms with Crippen molar-refractivity contribution in [2.45, 2.75) is 25.8 Å². The van der Waals surface area contributed by atoms with E-state index in [9.17, 15) is 0 Å². The molecule has 0 spiro atoms. The van der Waals surface area contributed by atoms with E-state index in [1.807, 2.05) is 18.2 Å². The van der Waals surface area contributed by atoms with E-state index in [0.29, 0.717) is 10.8 Å². The molecule has 1 rings (SSSR count). The molecule has 1 aromatic rings. The van der Waals surface area contributed by atoms with Crippen molar-refractivity contribution in [2.75, 3.05) is 7.11 Å². The first kappa shape index (κ1) is 11.3. The van der Waals surface area contributed by atoms with Crippen LogP contribution in [0.25, 0.3) is 0 Å². The average molecular weight is 214 g/mol. The first-order chi connectivity index (χ1) is 6.69. The number of halogens is 1. The van der Waals surface area contributed by atoms with Crippen molar-refractivity contribution in [1.29, 1.82) is 0 Å². The molecule has 2 nitrogen and oxygen atoms in total. The Morgan fingerprint density at radius 1 is 1.50 bits per heavy atom. The maximum Gasteiger partial charge on any atom is 0.137 e. The molecule has 0 heterocycles. The van der Waals surface area contributed by atoms with Gasteiger partial charge >= 0.3 is 0 Å². The zero-order valence-corrected chi connectivity index (χ0v) is 9.34. The summed E-state index contributed by atoms with van der Waals surface area (Å²) in [6.45, 7) is 2.12. The van der Waals surface area contributed by atoms with Gasteiger partial charge in [-0.25, -0.2) is 0 Å². The molecular formula is C11H16ClNO. The van der Waals surface area contributed by atoms with Crippen LogP contribution in [0.2, 0.25) is 5.02 Å². The van der Waals surface area contributed by atoms with Crippen LogP contribution in [0.5, 0.6) is 5.75 Å². The molecule has 0 radical (unpaired) electrons. The lowest BCUT2D eigenvalue weighted by atomic mass is 10.0. The van der Waals surface area contributed by atoms with Gasteiger partial charge in [0, 0.05) is 6.04 Å². The lowest BCUT2D eigenvalue weighted by Gasteiger charge is -2.12. The summed E-state index contributed by atoms with van der Waals surface area (Å²) in [5.74, 6) is 0.690. The number of ether oxygens (including phenoxy) is 1. The molecule has 0 aliphatic carbocycles. The second-order valence-corrected chi connectivity index (χ2v) is 3.70. The Balaban J connectivity index is 2.88. The summed E-state index contributed by atoms with van der Waals surface area (Å²) >= 11 is 5.91. The summed E-state index contributed by atoms with van der Waals surface area (Å²) in [4.78, 5) is 0. The highest BCUT2D eigenvalue weighted by Crippen LogP contribution is 2.28. The Labute approximate surface area is 90.0 Å². The fourth-order valence-corrected chi connectivity index (χ4v) is 1.58. The SMILES string of the molecule is CCCC(N)c1ccc(Cl)c(OC)c1. The highest BCUT2D eigenvalue weighted by molar-refractivity contribution is 6.32. The maximum absolute atomic E-state index is 5.98. The summed E-state index contributed by atoms with van der Waals surface area (Å²) in [6, 6.07) is 5.75. The Bertz CT molecular complexity index is 301. The Morgan fingerprint density at radius 2 is 2.21 bits per heavy atom. The van der Waals surface area contributed by atoms with Gasteiger partial charge in [-0.15, -0.1) is 0 Å². The summed E-state index contributed by atoms with van der Waals surface area (Å²) in [5.41, 5.74) is 7.06. The Morgan fingerprint density at radius 3 is 2.79 bits per heavy atom. The second kappa shape index (κ2) is 5.23. The van der Waals surface area contributed by atoms with E-state index in [4.69, 9.17) is 22.1 Å². The fourth-order valence-electron chi connectivity index (χ4n) is 1.38. The van der Waals surface area contributed by atoms with Crippen molar-refractivity contribution >= 4 is 11.6 Å². The number of hydrogen-bond acceptors (Lipinski definition) is 2. The van der Waals surface area contributed by atoms with Gasteiger partial charge in [-0.3, -0.25) is 0 Å². The monoisotopic (exact) mass is 213 g/mol. The zero-order valence-electron chi connectivity index (χ0n) is 8.59. The van der Waals surface area contributed by atoms with Crippen molar-refractivity contribution in [3.63, 3.8) is 0 Å². The summed E-state index contributed by atoms with van der Waals surface area (Å²) < 4.78 is 5.13. The van der Waals surface area contributed by atoms with Crippen molar-refractivity contribution in [3.8, 4) is 5.75 Å². The van der Waals surface area contributed by atoms with Gasteiger partial charge in [-0.05, 0) is 24.1 Å². The predicted molar refractivity (Wildman–Crippen MR) is 59.8 cm³/mol. The van der Waals surface area contributed by atoms with Gasteiger partial charge in [0.05, 0.1) is 12.1 Å². The molecule has 0 aliphatic heterocycles. The largest absolute Gasteiger partial charge is 0.495 e. The third-order valence-electron chi connectivity index (χ3n) is 2.20. The van der Waals surface area contributed by atoms with Gasteiger partial charge in [0.15, 0.2) is 0 Å². The van der Waals surface area contributed by atoms with Crippen LogP contribution in [0.3, 0.4) is 0 Å².